The predicted molar refractivity (Wildman–Crippen MR) is 184 cm³/mol. The molecule has 2 N–H and O–H groups in total. The van der Waals surface area contributed by atoms with Gasteiger partial charge in [0.15, 0.2) is 5.78 Å². The van der Waals surface area contributed by atoms with Crippen molar-refractivity contribution >= 4 is 63.1 Å². The average Bonchev–Trinajstić information content (AvgIpc) is 3.58. The predicted octanol–water partition coefficient (Wildman–Crippen LogP) is 3.74. The Hall–Kier alpha value is -4.56. The molecule has 236 valence electrons. The van der Waals surface area contributed by atoms with Crippen molar-refractivity contribution in [3.05, 3.63) is 126 Å². The van der Waals surface area contributed by atoms with Gasteiger partial charge in [-0.25, -0.2) is 4.79 Å². The van der Waals surface area contributed by atoms with Gasteiger partial charge in [0, 0.05) is 20.4 Å². The maximum Gasteiger partial charge on any atom is 0.356 e. The summed E-state index contributed by atoms with van der Waals surface area (Å²) in [5, 5.41) is 15.8. The number of rotatable bonds is 12. The van der Waals surface area contributed by atoms with Crippen LogP contribution < -0.4 is 21.2 Å². The molecule has 2 heterocycles. The van der Waals surface area contributed by atoms with Crippen molar-refractivity contribution in [2.45, 2.75) is 25.5 Å². The molecule has 1 aliphatic heterocycles. The molecule has 4 aromatic rings. The summed E-state index contributed by atoms with van der Waals surface area (Å²) in [6.45, 7) is 1.95. The Bertz CT molecular complexity index is 1700. The number of hydrogen-bond donors (Lipinski definition) is 2. The number of β-lactam (4-membered cyclic amide) rings is 1. The minimum absolute atomic E-state index is 0.0936. The molecular weight excluding hydrogens is 619 g/mol. The molecule has 0 aliphatic carbocycles. The number of hydrogen-bond acceptors (Lipinski definition) is 7. The van der Waals surface area contributed by atoms with Gasteiger partial charge >= 0.3 is 5.97 Å². The quantitative estimate of drug-likeness (QED) is 0.0792. The molecule has 1 aromatic heterocycles. The van der Waals surface area contributed by atoms with Crippen molar-refractivity contribution in [2.75, 3.05) is 13.7 Å². The van der Waals surface area contributed by atoms with E-state index in [0.717, 1.165) is 27.3 Å². The summed E-state index contributed by atoms with van der Waals surface area (Å²) in [5.41, 5.74) is 0.120. The van der Waals surface area contributed by atoms with Crippen molar-refractivity contribution in [2.24, 2.45) is 5.92 Å². The molecule has 2 amide bonds. The second kappa shape index (κ2) is 14.3. The van der Waals surface area contributed by atoms with Crippen molar-refractivity contribution in [1.82, 2.24) is 10.2 Å². The first-order chi connectivity index (χ1) is 22.2. The Morgan fingerprint density at radius 3 is 1.87 bits per heavy atom. The number of likely N-dealkylation sites (tertiary alicyclic amines) is 1. The van der Waals surface area contributed by atoms with E-state index in [9.17, 15) is 24.3 Å². The topological polar surface area (TPSA) is 113 Å². The van der Waals surface area contributed by atoms with E-state index in [1.54, 1.807) is 12.1 Å². The van der Waals surface area contributed by atoms with Crippen LogP contribution in [0.1, 0.15) is 32.7 Å². The number of aliphatic hydroxyl groups is 1. The summed E-state index contributed by atoms with van der Waals surface area (Å²) < 4.78 is 5.75. The lowest BCUT2D eigenvalue weighted by molar-refractivity contribution is -0.157. The molecular formula is C36H35N2O6PS. The summed E-state index contributed by atoms with van der Waals surface area (Å²) in [7, 11) is 1.51. The number of aliphatic hydroxyl groups excluding tert-OH is 1. The molecule has 1 aliphatic rings. The lowest BCUT2D eigenvalue weighted by Crippen LogP contribution is -2.68. The molecule has 0 spiro atoms. The fraction of sp³-hybridized carbons (Fsp3) is 0.194. The smallest absolute Gasteiger partial charge is 0.356 e. The van der Waals surface area contributed by atoms with Crippen LogP contribution in [-0.4, -0.2) is 64.8 Å². The summed E-state index contributed by atoms with van der Waals surface area (Å²) in [6.07, 6.45) is 0.197. The highest BCUT2D eigenvalue weighted by Crippen LogP contribution is 2.50. The van der Waals surface area contributed by atoms with Crippen LogP contribution in [0.15, 0.2) is 116 Å². The fourth-order valence-corrected chi connectivity index (χ4v) is 11.3. The average molecular weight is 655 g/mol. The van der Waals surface area contributed by atoms with Crippen LogP contribution in [0, 0.1) is 5.92 Å². The molecule has 3 aromatic carbocycles. The number of carbonyl (C=O) groups excluding carboxylic acids is 4. The molecule has 8 nitrogen and oxygen atoms in total. The van der Waals surface area contributed by atoms with E-state index < -0.39 is 36.8 Å². The highest BCUT2D eigenvalue weighted by molar-refractivity contribution is 7.96. The van der Waals surface area contributed by atoms with Crippen LogP contribution in [0.2, 0.25) is 0 Å². The van der Waals surface area contributed by atoms with Crippen molar-refractivity contribution in [1.29, 1.82) is 0 Å². The van der Waals surface area contributed by atoms with E-state index in [2.05, 4.69) is 11.9 Å². The zero-order valence-electron chi connectivity index (χ0n) is 25.5. The summed E-state index contributed by atoms with van der Waals surface area (Å²) in [4.78, 5) is 56.7. The van der Waals surface area contributed by atoms with Crippen LogP contribution in [0.4, 0.5) is 0 Å². The number of nitrogens with one attached hydrogen (secondary N) is 1. The Morgan fingerprint density at radius 2 is 1.41 bits per heavy atom. The number of ketones is 1. The minimum Gasteiger partial charge on any atom is -0.457 e. The van der Waals surface area contributed by atoms with E-state index in [0.29, 0.717) is 9.75 Å². The molecule has 46 heavy (non-hydrogen) atoms. The third-order valence-electron chi connectivity index (χ3n) is 8.01. The number of nitrogens with zero attached hydrogens (tertiary/aromatic N) is 1. The molecule has 10 heteroatoms. The number of Topliss-reactive ketones (excluding diaryl/α,β-unsaturated/α-hetero) is 1. The highest BCUT2D eigenvalue weighted by Gasteiger charge is 2.55. The number of ether oxygens (including phenoxy) is 1. The van der Waals surface area contributed by atoms with Crippen LogP contribution in [0.25, 0.3) is 0 Å². The lowest BCUT2D eigenvalue weighted by Gasteiger charge is -2.50. The zero-order chi connectivity index (χ0) is 32.8. The molecule has 0 bridgehead atoms. The fourth-order valence-electron chi connectivity index (χ4n) is 5.96. The Balaban J connectivity index is 1.81. The molecule has 3 atom stereocenters. The SMILES string of the molecule is C=CCOC(=O)C(N1C(=O)C(C(C)O)C1CC(=O)c1ccc(C(=O)NC)s1)=P(c1ccccc1)(c1ccccc1)c1ccccc1. The van der Waals surface area contributed by atoms with Crippen LogP contribution in [0.3, 0.4) is 0 Å². The normalized spacial score (nSPS) is 16.6. The van der Waals surface area contributed by atoms with E-state index >= 15 is 0 Å². The highest BCUT2D eigenvalue weighted by atomic mass is 32.1. The second-order valence-corrected chi connectivity index (χ2v) is 15.2. The van der Waals surface area contributed by atoms with Crippen molar-refractivity contribution < 1.29 is 29.0 Å². The lowest BCUT2D eigenvalue weighted by atomic mass is 9.80. The molecule has 1 saturated heterocycles. The molecule has 5 rings (SSSR count). The van der Waals surface area contributed by atoms with Gasteiger partial charge in [-0.15, -0.1) is 11.3 Å². The molecule has 1 fully saturated rings. The number of carbonyl (C=O) groups is 4. The minimum atomic E-state index is -3.17. The van der Waals surface area contributed by atoms with Crippen LogP contribution in [0.5, 0.6) is 0 Å². The first-order valence-corrected chi connectivity index (χ1v) is 17.4. The zero-order valence-corrected chi connectivity index (χ0v) is 27.2. The van der Waals surface area contributed by atoms with Gasteiger partial charge in [-0.1, -0.05) is 104 Å². The van der Waals surface area contributed by atoms with E-state index in [-0.39, 0.29) is 30.1 Å². The Kier molecular flexibility index (Phi) is 10.2. The van der Waals surface area contributed by atoms with Gasteiger partial charge < -0.3 is 20.1 Å². The number of amides is 2. The van der Waals surface area contributed by atoms with Crippen LogP contribution in [-0.2, 0) is 14.3 Å². The summed E-state index contributed by atoms with van der Waals surface area (Å²) in [6, 6.07) is 31.0. The standard InChI is InChI=1S/C36H35N2O6PS/c1-4-22-44-36(43)35(38-28(32(24(2)39)34(38)42)23-29(40)30-20-21-31(46-30)33(41)37-3)45(25-14-8-5-9-15-25,26-16-10-6-11-17-26)27-18-12-7-13-19-27/h4-21,24,28,32,39H,1,22-23H2,2-3H3,(H,37,41). The van der Waals surface area contributed by atoms with Crippen molar-refractivity contribution in [3.63, 3.8) is 0 Å². The first-order valence-electron chi connectivity index (χ1n) is 14.8. The van der Waals surface area contributed by atoms with Gasteiger partial charge in [0.05, 0.1) is 27.8 Å². The monoisotopic (exact) mass is 654 g/mol. The van der Waals surface area contributed by atoms with Gasteiger partial charge in [0.1, 0.15) is 12.0 Å². The van der Waals surface area contributed by atoms with Gasteiger partial charge in [0.2, 0.25) is 5.91 Å². The summed E-state index contributed by atoms with van der Waals surface area (Å²) in [5.74, 6) is -2.74. The van der Waals surface area contributed by atoms with Crippen LogP contribution >= 0.6 is 18.2 Å². The van der Waals surface area contributed by atoms with Crippen molar-refractivity contribution in [3.8, 4) is 0 Å². The summed E-state index contributed by atoms with van der Waals surface area (Å²) >= 11 is 1.05. The first kappa shape index (κ1) is 32.8. The molecule has 0 radical (unpaired) electrons. The van der Waals surface area contributed by atoms with Gasteiger partial charge in [-0.3, -0.25) is 14.4 Å². The number of benzene rings is 3. The Labute approximate surface area is 272 Å². The maximum atomic E-state index is 14.5. The third-order valence-corrected chi connectivity index (χ3v) is 13.4. The number of esters is 1. The van der Waals surface area contributed by atoms with Gasteiger partial charge in [-0.2, -0.15) is 0 Å². The molecule has 3 unspecified atom stereocenters. The van der Waals surface area contributed by atoms with E-state index in [1.165, 1.54) is 24.9 Å². The third kappa shape index (κ3) is 6.01. The maximum absolute atomic E-state index is 14.5. The van der Waals surface area contributed by atoms with Gasteiger partial charge in [-0.05, 0) is 35.0 Å². The molecule has 0 saturated carbocycles. The second-order valence-electron chi connectivity index (χ2n) is 10.8. The van der Waals surface area contributed by atoms with Gasteiger partial charge in [0.25, 0.3) is 5.91 Å². The van der Waals surface area contributed by atoms with E-state index in [1.807, 2.05) is 91.0 Å². The number of thiophene rings is 1. The van der Waals surface area contributed by atoms with E-state index in [4.69, 9.17) is 4.74 Å². The Morgan fingerprint density at radius 1 is 0.913 bits per heavy atom. The largest absolute Gasteiger partial charge is 0.457 e.